The fourth-order valence-corrected chi connectivity index (χ4v) is 3.88. The van der Waals surface area contributed by atoms with Gasteiger partial charge >= 0.3 is 0 Å². The second-order valence-electron chi connectivity index (χ2n) is 6.75. The minimum atomic E-state index is 0. The first kappa shape index (κ1) is 18.7. The van der Waals surface area contributed by atoms with Crippen LogP contribution in [0.15, 0.2) is 91.0 Å². The monoisotopic (exact) mass is 364 g/mol. The summed E-state index contributed by atoms with van der Waals surface area (Å²) in [6.07, 6.45) is 1.15. The van der Waals surface area contributed by atoms with Crippen LogP contribution in [0.3, 0.4) is 0 Å². The van der Waals surface area contributed by atoms with Gasteiger partial charge in [0.05, 0.1) is 6.04 Å². The van der Waals surface area contributed by atoms with E-state index >= 15 is 0 Å². The van der Waals surface area contributed by atoms with Gasteiger partial charge in [-0.2, -0.15) is 0 Å². The third-order valence-electron chi connectivity index (χ3n) is 5.27. The van der Waals surface area contributed by atoms with Crippen LogP contribution in [-0.4, -0.2) is 17.5 Å². The van der Waals surface area contributed by atoms with E-state index in [4.69, 9.17) is 5.73 Å². The summed E-state index contributed by atoms with van der Waals surface area (Å²) in [6, 6.07) is 32.7. The van der Waals surface area contributed by atoms with Crippen molar-refractivity contribution in [3.05, 3.63) is 108 Å². The largest absolute Gasteiger partial charge is 0.323 e. The quantitative estimate of drug-likeness (QED) is 0.692. The maximum Gasteiger partial charge on any atom is 0.0604 e. The lowest BCUT2D eigenvalue weighted by Gasteiger charge is -2.49. The average molecular weight is 365 g/mol. The van der Waals surface area contributed by atoms with E-state index in [-0.39, 0.29) is 24.5 Å². The molecule has 1 aliphatic rings. The molecule has 0 saturated carbocycles. The molecule has 1 aliphatic heterocycles. The van der Waals surface area contributed by atoms with Gasteiger partial charge in [0.1, 0.15) is 0 Å². The Morgan fingerprint density at radius 1 is 0.692 bits per heavy atom. The normalized spacial score (nSPS) is 18.0. The van der Waals surface area contributed by atoms with E-state index in [0.29, 0.717) is 6.04 Å². The Morgan fingerprint density at radius 2 is 1.12 bits per heavy atom. The molecule has 2 unspecified atom stereocenters. The first-order chi connectivity index (χ1) is 12.3. The molecular formula is C23H25ClN2. The van der Waals surface area contributed by atoms with Crippen molar-refractivity contribution in [2.24, 2.45) is 5.73 Å². The molecule has 26 heavy (non-hydrogen) atoms. The molecule has 134 valence electrons. The zero-order valence-electron chi connectivity index (χ0n) is 14.7. The Balaban J connectivity index is 0.00000196. The van der Waals surface area contributed by atoms with Gasteiger partial charge < -0.3 is 5.73 Å². The molecule has 2 nitrogen and oxygen atoms in total. The molecule has 2 N–H and O–H groups in total. The highest BCUT2D eigenvalue weighted by molar-refractivity contribution is 5.85. The molecule has 3 aromatic carbocycles. The molecule has 3 heteroatoms. The van der Waals surface area contributed by atoms with Crippen LogP contribution in [0, 0.1) is 0 Å². The van der Waals surface area contributed by atoms with Gasteiger partial charge in [-0.15, -0.1) is 12.4 Å². The molecule has 0 bridgehead atoms. The zero-order valence-corrected chi connectivity index (χ0v) is 15.6. The maximum atomic E-state index is 6.64. The van der Waals surface area contributed by atoms with Crippen LogP contribution in [0.2, 0.25) is 0 Å². The van der Waals surface area contributed by atoms with Crippen molar-refractivity contribution in [2.75, 3.05) is 6.54 Å². The summed E-state index contributed by atoms with van der Waals surface area (Å²) in [5.74, 6) is 0. The number of nitrogens with zero attached hydrogens (tertiary/aromatic N) is 1. The molecule has 0 amide bonds. The highest BCUT2D eigenvalue weighted by atomic mass is 35.5. The summed E-state index contributed by atoms with van der Waals surface area (Å²) in [7, 11) is 0. The Hall–Kier alpha value is -2.13. The SMILES string of the molecule is Cl.NC(c1ccccc1)C1CCN1C(c1ccccc1)c1ccccc1. The highest BCUT2D eigenvalue weighted by Gasteiger charge is 2.39. The Labute approximate surface area is 162 Å². The smallest absolute Gasteiger partial charge is 0.0604 e. The second-order valence-corrected chi connectivity index (χ2v) is 6.75. The summed E-state index contributed by atoms with van der Waals surface area (Å²) in [5.41, 5.74) is 10.5. The van der Waals surface area contributed by atoms with Crippen LogP contribution in [0.25, 0.3) is 0 Å². The molecule has 0 radical (unpaired) electrons. The first-order valence-electron chi connectivity index (χ1n) is 9.01. The van der Waals surface area contributed by atoms with Gasteiger partial charge in [-0.25, -0.2) is 0 Å². The van der Waals surface area contributed by atoms with Gasteiger partial charge in [0, 0.05) is 18.6 Å². The van der Waals surface area contributed by atoms with Gasteiger partial charge in [0.25, 0.3) is 0 Å². The van der Waals surface area contributed by atoms with Gasteiger partial charge in [-0.1, -0.05) is 91.0 Å². The molecule has 2 atom stereocenters. The van der Waals surface area contributed by atoms with Crippen LogP contribution < -0.4 is 5.73 Å². The highest BCUT2D eigenvalue weighted by Crippen LogP contribution is 2.39. The number of hydrogen-bond acceptors (Lipinski definition) is 2. The predicted octanol–water partition coefficient (Wildman–Crippen LogP) is 4.97. The fourth-order valence-electron chi connectivity index (χ4n) is 3.88. The van der Waals surface area contributed by atoms with Crippen molar-refractivity contribution in [1.29, 1.82) is 0 Å². The molecule has 0 spiro atoms. The van der Waals surface area contributed by atoms with E-state index < -0.39 is 0 Å². The molecule has 4 rings (SSSR count). The van der Waals surface area contributed by atoms with E-state index in [1.165, 1.54) is 16.7 Å². The topological polar surface area (TPSA) is 29.3 Å². The van der Waals surface area contributed by atoms with Crippen molar-refractivity contribution in [3.8, 4) is 0 Å². The van der Waals surface area contributed by atoms with Crippen molar-refractivity contribution >= 4 is 12.4 Å². The van der Waals surface area contributed by atoms with Crippen molar-refractivity contribution < 1.29 is 0 Å². The van der Waals surface area contributed by atoms with Crippen molar-refractivity contribution in [3.63, 3.8) is 0 Å². The van der Waals surface area contributed by atoms with E-state index in [1.807, 2.05) is 6.07 Å². The maximum absolute atomic E-state index is 6.64. The second kappa shape index (κ2) is 8.50. The summed E-state index contributed by atoms with van der Waals surface area (Å²) in [6.45, 7) is 1.08. The van der Waals surface area contributed by atoms with E-state index in [9.17, 15) is 0 Å². The molecule has 1 saturated heterocycles. The summed E-state index contributed by atoms with van der Waals surface area (Å²) < 4.78 is 0. The van der Waals surface area contributed by atoms with Crippen LogP contribution in [-0.2, 0) is 0 Å². The number of hydrogen-bond donors (Lipinski definition) is 1. The van der Waals surface area contributed by atoms with Crippen LogP contribution in [0.1, 0.15) is 35.2 Å². The van der Waals surface area contributed by atoms with Crippen molar-refractivity contribution in [1.82, 2.24) is 4.90 Å². The number of benzene rings is 3. The van der Waals surface area contributed by atoms with E-state index in [2.05, 4.69) is 89.8 Å². The zero-order chi connectivity index (χ0) is 17.1. The third kappa shape index (κ3) is 3.68. The number of halogens is 1. The van der Waals surface area contributed by atoms with E-state index in [0.717, 1.165) is 13.0 Å². The third-order valence-corrected chi connectivity index (χ3v) is 5.27. The molecule has 0 aromatic heterocycles. The summed E-state index contributed by atoms with van der Waals surface area (Å²) in [5, 5.41) is 0. The number of rotatable bonds is 5. The molecular weight excluding hydrogens is 340 g/mol. The number of likely N-dealkylation sites (tertiary alicyclic amines) is 1. The molecule has 1 fully saturated rings. The standard InChI is InChI=1S/C23H24N2.ClH/c24-22(18-10-4-1-5-11-18)21-16-17-25(21)23(19-12-6-2-7-13-19)20-14-8-3-9-15-20;/h1-15,21-23H,16-17,24H2;1H. The first-order valence-corrected chi connectivity index (χ1v) is 9.01. The van der Waals surface area contributed by atoms with Gasteiger partial charge in [0.2, 0.25) is 0 Å². The van der Waals surface area contributed by atoms with Crippen molar-refractivity contribution in [2.45, 2.75) is 24.5 Å². The Kier molecular flexibility index (Phi) is 6.10. The van der Waals surface area contributed by atoms with Crippen LogP contribution in [0.5, 0.6) is 0 Å². The lowest BCUT2D eigenvalue weighted by atomic mass is 9.85. The lowest BCUT2D eigenvalue weighted by Crippen LogP contribution is -2.54. The van der Waals surface area contributed by atoms with Gasteiger partial charge in [-0.05, 0) is 23.1 Å². The Bertz CT molecular complexity index is 753. The molecule has 0 aliphatic carbocycles. The predicted molar refractivity (Wildman–Crippen MR) is 110 cm³/mol. The minimum absolute atomic E-state index is 0. The van der Waals surface area contributed by atoms with Gasteiger partial charge in [-0.3, -0.25) is 4.90 Å². The Morgan fingerprint density at radius 3 is 1.50 bits per heavy atom. The molecule has 3 aromatic rings. The van der Waals surface area contributed by atoms with Crippen LogP contribution in [0.4, 0.5) is 0 Å². The van der Waals surface area contributed by atoms with Gasteiger partial charge in [0.15, 0.2) is 0 Å². The lowest BCUT2D eigenvalue weighted by molar-refractivity contribution is 0.0393. The number of nitrogens with two attached hydrogens (primary N) is 1. The molecule has 1 heterocycles. The van der Waals surface area contributed by atoms with E-state index in [1.54, 1.807) is 0 Å². The summed E-state index contributed by atoms with van der Waals surface area (Å²) in [4.78, 5) is 2.56. The fraction of sp³-hybridized carbons (Fsp3) is 0.217. The van der Waals surface area contributed by atoms with Crippen LogP contribution >= 0.6 is 12.4 Å². The average Bonchev–Trinajstić information content (AvgIpc) is 2.67. The summed E-state index contributed by atoms with van der Waals surface area (Å²) >= 11 is 0. The minimum Gasteiger partial charge on any atom is -0.323 e.